The molecule has 134 valence electrons. The standard InChI is InChI=1S/C19H25N3O3/c1-15(21(2)14-18-4-3-11-25-18)19(23)20-16-5-7-17(8-6-16)22-9-12-24-13-10-22/h3-8,11,15H,9-10,12-14H2,1-2H3,(H,20,23)/p+1/t15-/m0/s1. The number of carbonyl (C=O) groups excluding carboxylic acids is 1. The van der Waals surface area contributed by atoms with Crippen LogP contribution in [0, 0.1) is 0 Å². The molecule has 1 saturated heterocycles. The van der Waals surface area contributed by atoms with Gasteiger partial charge in [0.1, 0.15) is 6.54 Å². The van der Waals surface area contributed by atoms with Gasteiger partial charge in [0.2, 0.25) is 0 Å². The molecule has 1 fully saturated rings. The maximum Gasteiger partial charge on any atom is 0.282 e. The van der Waals surface area contributed by atoms with Crippen LogP contribution in [-0.2, 0) is 16.1 Å². The van der Waals surface area contributed by atoms with Crippen molar-refractivity contribution in [3.63, 3.8) is 0 Å². The molecule has 2 atom stereocenters. The number of furan rings is 1. The van der Waals surface area contributed by atoms with Crippen LogP contribution in [0.4, 0.5) is 11.4 Å². The van der Waals surface area contributed by atoms with Crippen molar-refractivity contribution in [2.45, 2.75) is 19.5 Å². The number of rotatable bonds is 6. The van der Waals surface area contributed by atoms with Gasteiger partial charge in [0.25, 0.3) is 5.91 Å². The van der Waals surface area contributed by atoms with Crippen molar-refractivity contribution >= 4 is 17.3 Å². The smallest absolute Gasteiger partial charge is 0.282 e. The first kappa shape index (κ1) is 17.5. The minimum absolute atomic E-state index is 0.00294. The molecule has 0 aliphatic carbocycles. The van der Waals surface area contributed by atoms with Crippen molar-refractivity contribution < 1.29 is 18.8 Å². The van der Waals surface area contributed by atoms with Gasteiger partial charge in [0.15, 0.2) is 11.8 Å². The van der Waals surface area contributed by atoms with Gasteiger partial charge in [0.05, 0.1) is 26.5 Å². The Morgan fingerprint density at radius 2 is 1.96 bits per heavy atom. The zero-order valence-electron chi connectivity index (χ0n) is 14.8. The molecule has 0 bridgehead atoms. The topological polar surface area (TPSA) is 59.2 Å². The van der Waals surface area contributed by atoms with Crippen LogP contribution in [0.5, 0.6) is 0 Å². The number of likely N-dealkylation sites (N-methyl/N-ethyl adjacent to an activating group) is 1. The molecule has 6 heteroatoms. The third-order valence-corrected chi connectivity index (χ3v) is 4.68. The second-order valence-corrected chi connectivity index (χ2v) is 6.46. The van der Waals surface area contributed by atoms with E-state index < -0.39 is 0 Å². The minimum Gasteiger partial charge on any atom is -0.463 e. The van der Waals surface area contributed by atoms with Crippen molar-refractivity contribution in [3.05, 3.63) is 48.4 Å². The lowest BCUT2D eigenvalue weighted by Gasteiger charge is -2.29. The normalized spacial score (nSPS) is 17.1. The average Bonchev–Trinajstić information content (AvgIpc) is 3.15. The summed E-state index contributed by atoms with van der Waals surface area (Å²) in [4.78, 5) is 15.9. The van der Waals surface area contributed by atoms with Crippen molar-refractivity contribution in [3.8, 4) is 0 Å². The maximum absolute atomic E-state index is 12.5. The van der Waals surface area contributed by atoms with E-state index in [2.05, 4.69) is 10.2 Å². The van der Waals surface area contributed by atoms with Gasteiger partial charge in [-0.05, 0) is 43.3 Å². The van der Waals surface area contributed by atoms with Crippen LogP contribution in [0.1, 0.15) is 12.7 Å². The molecule has 3 rings (SSSR count). The fourth-order valence-corrected chi connectivity index (χ4v) is 2.89. The Balaban J connectivity index is 1.54. The van der Waals surface area contributed by atoms with E-state index in [1.165, 1.54) is 0 Å². The molecular weight excluding hydrogens is 318 g/mol. The molecule has 1 aromatic carbocycles. The molecule has 1 amide bonds. The molecule has 2 N–H and O–H groups in total. The number of amides is 1. The Morgan fingerprint density at radius 3 is 2.60 bits per heavy atom. The van der Waals surface area contributed by atoms with Gasteiger partial charge >= 0.3 is 0 Å². The molecular formula is C19H26N3O3+. The molecule has 2 heterocycles. The summed E-state index contributed by atoms with van der Waals surface area (Å²) in [5.74, 6) is 0.884. The van der Waals surface area contributed by atoms with Crippen molar-refractivity contribution in [1.29, 1.82) is 0 Å². The summed E-state index contributed by atoms with van der Waals surface area (Å²) < 4.78 is 10.7. The zero-order chi connectivity index (χ0) is 17.6. The van der Waals surface area contributed by atoms with E-state index in [0.29, 0.717) is 6.54 Å². The Morgan fingerprint density at radius 1 is 1.24 bits per heavy atom. The van der Waals surface area contributed by atoms with Crippen molar-refractivity contribution in [2.75, 3.05) is 43.6 Å². The average molecular weight is 344 g/mol. The maximum atomic E-state index is 12.5. The minimum atomic E-state index is -0.177. The van der Waals surface area contributed by atoms with Crippen molar-refractivity contribution in [1.82, 2.24) is 0 Å². The molecule has 1 aliphatic rings. The first-order valence-electron chi connectivity index (χ1n) is 8.72. The predicted molar refractivity (Wildman–Crippen MR) is 96.9 cm³/mol. The molecule has 0 radical (unpaired) electrons. The van der Waals surface area contributed by atoms with Crippen LogP contribution in [0.15, 0.2) is 47.1 Å². The van der Waals surface area contributed by atoms with E-state index in [4.69, 9.17) is 9.15 Å². The number of nitrogens with zero attached hydrogens (tertiary/aromatic N) is 1. The number of ether oxygens (including phenoxy) is 1. The molecule has 2 aromatic rings. The molecule has 6 nitrogen and oxygen atoms in total. The molecule has 25 heavy (non-hydrogen) atoms. The van der Waals surface area contributed by atoms with Gasteiger partial charge in [-0.25, -0.2) is 0 Å². The summed E-state index contributed by atoms with van der Waals surface area (Å²) in [5, 5.41) is 3.00. The van der Waals surface area contributed by atoms with E-state index in [9.17, 15) is 4.79 Å². The summed E-state index contributed by atoms with van der Waals surface area (Å²) in [6, 6.07) is 11.6. The third-order valence-electron chi connectivity index (χ3n) is 4.68. The lowest BCUT2D eigenvalue weighted by molar-refractivity contribution is -0.908. The number of morpholine rings is 1. The summed E-state index contributed by atoms with van der Waals surface area (Å²) >= 11 is 0. The molecule has 1 aliphatic heterocycles. The first-order chi connectivity index (χ1) is 12.1. The molecule has 1 unspecified atom stereocenters. The SMILES string of the molecule is C[C@@H](C(=O)Nc1ccc(N2CCOCC2)cc1)[NH+](C)Cc1ccco1. The number of quaternary nitrogens is 1. The number of carbonyl (C=O) groups is 1. The van der Waals surface area contributed by atoms with E-state index in [-0.39, 0.29) is 11.9 Å². The highest BCUT2D eigenvalue weighted by atomic mass is 16.5. The second kappa shape index (κ2) is 8.18. The fraction of sp³-hybridized carbons (Fsp3) is 0.421. The van der Waals surface area contributed by atoms with Gasteiger partial charge in [-0.15, -0.1) is 0 Å². The second-order valence-electron chi connectivity index (χ2n) is 6.46. The Hall–Kier alpha value is -2.31. The van der Waals surface area contributed by atoms with E-state index in [0.717, 1.165) is 48.3 Å². The van der Waals surface area contributed by atoms with Crippen LogP contribution in [-0.4, -0.2) is 45.3 Å². The zero-order valence-corrected chi connectivity index (χ0v) is 14.8. The highest BCUT2D eigenvalue weighted by molar-refractivity contribution is 5.93. The van der Waals surface area contributed by atoms with Gasteiger partial charge in [0, 0.05) is 24.5 Å². The summed E-state index contributed by atoms with van der Waals surface area (Å²) in [5.41, 5.74) is 1.98. The van der Waals surface area contributed by atoms with Gasteiger partial charge < -0.3 is 24.3 Å². The van der Waals surface area contributed by atoms with E-state index in [1.807, 2.05) is 50.4 Å². The van der Waals surface area contributed by atoms with Gasteiger partial charge in [-0.1, -0.05) is 0 Å². The van der Waals surface area contributed by atoms with Crippen LogP contribution in [0.25, 0.3) is 0 Å². The summed E-state index contributed by atoms with van der Waals surface area (Å²) in [7, 11) is 1.99. The van der Waals surface area contributed by atoms with Gasteiger partial charge in [-0.2, -0.15) is 0 Å². The Kier molecular flexibility index (Phi) is 5.73. The molecule has 1 aromatic heterocycles. The number of hydrogen-bond donors (Lipinski definition) is 2. The van der Waals surface area contributed by atoms with Crippen LogP contribution in [0.2, 0.25) is 0 Å². The van der Waals surface area contributed by atoms with E-state index >= 15 is 0 Å². The van der Waals surface area contributed by atoms with Crippen LogP contribution < -0.4 is 15.1 Å². The van der Waals surface area contributed by atoms with Crippen LogP contribution >= 0.6 is 0 Å². The monoisotopic (exact) mass is 344 g/mol. The fourth-order valence-electron chi connectivity index (χ4n) is 2.89. The number of nitrogens with one attached hydrogen (secondary N) is 2. The number of anilines is 2. The lowest BCUT2D eigenvalue weighted by atomic mass is 10.2. The highest BCUT2D eigenvalue weighted by Crippen LogP contribution is 2.19. The molecule has 0 spiro atoms. The van der Waals surface area contributed by atoms with Crippen LogP contribution in [0.3, 0.4) is 0 Å². The molecule has 0 saturated carbocycles. The third kappa shape index (κ3) is 4.61. The first-order valence-corrected chi connectivity index (χ1v) is 8.72. The lowest BCUT2D eigenvalue weighted by Crippen LogP contribution is -3.12. The Bertz CT molecular complexity index is 664. The van der Waals surface area contributed by atoms with Gasteiger partial charge in [-0.3, -0.25) is 4.79 Å². The Labute approximate surface area is 148 Å². The summed E-state index contributed by atoms with van der Waals surface area (Å²) in [6.07, 6.45) is 1.66. The number of hydrogen-bond acceptors (Lipinski definition) is 4. The largest absolute Gasteiger partial charge is 0.463 e. The van der Waals surface area contributed by atoms with E-state index in [1.54, 1.807) is 6.26 Å². The summed E-state index contributed by atoms with van der Waals surface area (Å²) in [6.45, 7) is 5.95. The number of benzene rings is 1. The van der Waals surface area contributed by atoms with Crippen molar-refractivity contribution in [2.24, 2.45) is 0 Å². The predicted octanol–water partition coefficient (Wildman–Crippen LogP) is 1.16. The highest BCUT2D eigenvalue weighted by Gasteiger charge is 2.23. The quantitative estimate of drug-likeness (QED) is 0.826.